The van der Waals surface area contributed by atoms with Gasteiger partial charge in [0.15, 0.2) is 0 Å². The molecule has 0 saturated heterocycles. The highest BCUT2D eigenvalue weighted by Gasteiger charge is 2.10. The van der Waals surface area contributed by atoms with Crippen LogP contribution in [-0.4, -0.2) is 15.9 Å². The van der Waals surface area contributed by atoms with Crippen LogP contribution >= 0.6 is 11.6 Å². The molecule has 132 valence electrons. The van der Waals surface area contributed by atoms with E-state index in [1.165, 1.54) is 5.56 Å². The van der Waals surface area contributed by atoms with E-state index >= 15 is 0 Å². The number of hydrogen-bond donors (Lipinski definition) is 2. The molecule has 1 heterocycles. The van der Waals surface area contributed by atoms with Crippen molar-refractivity contribution >= 4 is 29.0 Å². The van der Waals surface area contributed by atoms with Gasteiger partial charge in [-0.3, -0.25) is 4.79 Å². The molecule has 0 atom stereocenters. The van der Waals surface area contributed by atoms with Crippen molar-refractivity contribution in [1.29, 1.82) is 0 Å². The predicted molar refractivity (Wildman–Crippen MR) is 104 cm³/mol. The Morgan fingerprint density at radius 2 is 1.69 bits per heavy atom. The molecule has 5 nitrogen and oxygen atoms in total. The number of anilines is 2. The van der Waals surface area contributed by atoms with E-state index in [1.54, 1.807) is 25.1 Å². The van der Waals surface area contributed by atoms with Crippen molar-refractivity contribution in [2.24, 2.45) is 0 Å². The van der Waals surface area contributed by atoms with Gasteiger partial charge >= 0.3 is 0 Å². The number of nitrogens with one attached hydrogen (secondary N) is 2. The molecule has 0 radical (unpaired) electrons. The summed E-state index contributed by atoms with van der Waals surface area (Å²) >= 11 is 5.89. The van der Waals surface area contributed by atoms with Gasteiger partial charge in [-0.05, 0) is 43.7 Å². The van der Waals surface area contributed by atoms with Gasteiger partial charge in [-0.2, -0.15) is 0 Å². The van der Waals surface area contributed by atoms with Gasteiger partial charge in [0.2, 0.25) is 0 Å². The topological polar surface area (TPSA) is 66.9 Å². The number of hydrogen-bond acceptors (Lipinski definition) is 4. The molecule has 0 aliphatic carbocycles. The second kappa shape index (κ2) is 7.97. The summed E-state index contributed by atoms with van der Waals surface area (Å²) in [5, 5.41) is 6.70. The average molecular weight is 367 g/mol. The molecule has 2 aromatic carbocycles. The van der Waals surface area contributed by atoms with Gasteiger partial charge in [-0.25, -0.2) is 9.97 Å². The smallest absolute Gasteiger partial charge is 0.270 e. The van der Waals surface area contributed by atoms with Crippen LogP contribution in [0.1, 0.15) is 27.4 Å². The van der Waals surface area contributed by atoms with Crippen molar-refractivity contribution in [3.63, 3.8) is 0 Å². The molecule has 6 heteroatoms. The van der Waals surface area contributed by atoms with E-state index in [1.807, 2.05) is 43.3 Å². The highest BCUT2D eigenvalue weighted by atomic mass is 35.5. The van der Waals surface area contributed by atoms with E-state index < -0.39 is 0 Å². The van der Waals surface area contributed by atoms with Crippen molar-refractivity contribution in [1.82, 2.24) is 15.3 Å². The lowest BCUT2D eigenvalue weighted by Gasteiger charge is -2.09. The van der Waals surface area contributed by atoms with Crippen LogP contribution in [0.4, 0.5) is 11.5 Å². The molecular weight excluding hydrogens is 348 g/mol. The molecule has 3 aromatic rings. The van der Waals surface area contributed by atoms with Crippen LogP contribution in [-0.2, 0) is 6.54 Å². The zero-order valence-corrected chi connectivity index (χ0v) is 15.3. The van der Waals surface area contributed by atoms with E-state index in [0.29, 0.717) is 28.9 Å². The van der Waals surface area contributed by atoms with Gasteiger partial charge < -0.3 is 10.6 Å². The average Bonchev–Trinajstić information content (AvgIpc) is 2.62. The number of rotatable bonds is 5. The van der Waals surface area contributed by atoms with Crippen molar-refractivity contribution < 1.29 is 4.79 Å². The zero-order valence-electron chi connectivity index (χ0n) is 14.6. The van der Waals surface area contributed by atoms with Crippen molar-refractivity contribution in [3.8, 4) is 0 Å². The number of carbonyl (C=O) groups is 1. The fourth-order valence-corrected chi connectivity index (χ4v) is 2.53. The summed E-state index contributed by atoms with van der Waals surface area (Å²) in [6.07, 6.45) is 0. The second-order valence-electron chi connectivity index (χ2n) is 5.99. The maximum absolute atomic E-state index is 12.4. The van der Waals surface area contributed by atoms with Crippen LogP contribution in [0.25, 0.3) is 0 Å². The third kappa shape index (κ3) is 4.80. The summed E-state index contributed by atoms with van der Waals surface area (Å²) in [7, 11) is 0. The number of carbonyl (C=O) groups excluding carboxylic acids is 1. The molecule has 26 heavy (non-hydrogen) atoms. The highest BCUT2D eigenvalue weighted by Crippen LogP contribution is 2.18. The lowest BCUT2D eigenvalue weighted by molar-refractivity contribution is 0.0945. The molecule has 0 unspecified atom stereocenters. The first-order valence-corrected chi connectivity index (χ1v) is 8.59. The van der Waals surface area contributed by atoms with E-state index in [2.05, 4.69) is 20.6 Å². The van der Waals surface area contributed by atoms with Crippen LogP contribution in [0, 0.1) is 13.8 Å². The van der Waals surface area contributed by atoms with Crippen LogP contribution in [0.15, 0.2) is 54.6 Å². The maximum Gasteiger partial charge on any atom is 0.270 e. The second-order valence-corrected chi connectivity index (χ2v) is 6.42. The van der Waals surface area contributed by atoms with E-state index in [4.69, 9.17) is 11.6 Å². The Labute approximate surface area is 157 Å². The van der Waals surface area contributed by atoms with Gasteiger partial charge in [0.05, 0.1) is 0 Å². The number of aromatic nitrogens is 2. The molecular formula is C20H19ClN4O. The third-order valence-corrected chi connectivity index (χ3v) is 4.01. The fraction of sp³-hybridized carbons (Fsp3) is 0.150. The molecule has 2 N–H and O–H groups in total. The van der Waals surface area contributed by atoms with Crippen LogP contribution in [0.2, 0.25) is 5.02 Å². The van der Waals surface area contributed by atoms with E-state index in [9.17, 15) is 4.79 Å². The van der Waals surface area contributed by atoms with E-state index in [0.717, 1.165) is 11.3 Å². The standard InChI is InChI=1S/C20H19ClN4O/c1-13-3-5-15(6-4-13)12-22-20(26)18-11-19(24-14(2)23-18)25-17-9-7-16(21)8-10-17/h3-11H,12H2,1-2H3,(H,22,26)(H,23,24,25). The summed E-state index contributed by atoms with van der Waals surface area (Å²) < 4.78 is 0. The maximum atomic E-state index is 12.4. The summed E-state index contributed by atoms with van der Waals surface area (Å²) in [4.78, 5) is 21.0. The quantitative estimate of drug-likeness (QED) is 0.701. The van der Waals surface area contributed by atoms with Crippen molar-refractivity contribution in [2.75, 3.05) is 5.32 Å². The van der Waals surface area contributed by atoms with Gasteiger partial charge in [0.25, 0.3) is 5.91 Å². The van der Waals surface area contributed by atoms with Crippen molar-refractivity contribution in [2.45, 2.75) is 20.4 Å². The number of halogens is 1. The first kappa shape index (κ1) is 17.9. The first-order valence-electron chi connectivity index (χ1n) is 8.21. The summed E-state index contributed by atoms with van der Waals surface area (Å²) in [6, 6.07) is 16.9. The Kier molecular flexibility index (Phi) is 5.49. The molecule has 0 saturated carbocycles. The SMILES string of the molecule is Cc1ccc(CNC(=O)c2cc(Nc3ccc(Cl)cc3)nc(C)n2)cc1. The summed E-state index contributed by atoms with van der Waals surface area (Å²) in [5.74, 6) is 0.833. The van der Waals surface area contributed by atoms with Crippen molar-refractivity contribution in [3.05, 3.63) is 82.3 Å². The predicted octanol–water partition coefficient (Wildman–Crippen LogP) is 4.42. The third-order valence-electron chi connectivity index (χ3n) is 3.76. The lowest BCUT2D eigenvalue weighted by Crippen LogP contribution is -2.24. The number of nitrogens with zero attached hydrogens (tertiary/aromatic N) is 2. The highest BCUT2D eigenvalue weighted by molar-refractivity contribution is 6.30. The molecule has 1 amide bonds. The van der Waals surface area contributed by atoms with Gasteiger partial charge in [0.1, 0.15) is 17.3 Å². The minimum absolute atomic E-state index is 0.241. The van der Waals surface area contributed by atoms with Gasteiger partial charge in [-0.1, -0.05) is 41.4 Å². The minimum atomic E-state index is -0.241. The molecule has 0 fully saturated rings. The number of amides is 1. The Morgan fingerprint density at radius 3 is 2.38 bits per heavy atom. The normalized spacial score (nSPS) is 10.4. The molecule has 1 aromatic heterocycles. The molecule has 0 aliphatic rings. The Morgan fingerprint density at radius 1 is 1.00 bits per heavy atom. The molecule has 0 bridgehead atoms. The number of benzene rings is 2. The van der Waals surface area contributed by atoms with Gasteiger partial charge in [0, 0.05) is 23.3 Å². The van der Waals surface area contributed by atoms with Crippen LogP contribution in [0.3, 0.4) is 0 Å². The first-order chi connectivity index (χ1) is 12.5. The largest absolute Gasteiger partial charge is 0.347 e. The van der Waals surface area contributed by atoms with Gasteiger partial charge in [-0.15, -0.1) is 0 Å². The lowest BCUT2D eigenvalue weighted by atomic mass is 10.1. The number of aryl methyl sites for hydroxylation is 2. The molecule has 0 aliphatic heterocycles. The Balaban J connectivity index is 1.70. The summed E-state index contributed by atoms with van der Waals surface area (Å²) in [5.41, 5.74) is 3.37. The Hall–Kier alpha value is -2.92. The fourth-order valence-electron chi connectivity index (χ4n) is 2.41. The van der Waals surface area contributed by atoms with E-state index in [-0.39, 0.29) is 5.91 Å². The molecule has 3 rings (SSSR count). The Bertz CT molecular complexity index is 908. The minimum Gasteiger partial charge on any atom is -0.347 e. The monoisotopic (exact) mass is 366 g/mol. The summed E-state index contributed by atoms with van der Waals surface area (Å²) in [6.45, 7) is 4.23. The van der Waals surface area contributed by atoms with Crippen LogP contribution < -0.4 is 10.6 Å². The molecule has 0 spiro atoms. The zero-order chi connectivity index (χ0) is 18.5. The van der Waals surface area contributed by atoms with Crippen LogP contribution in [0.5, 0.6) is 0 Å².